The Morgan fingerprint density at radius 3 is 2.11 bits per heavy atom. The Kier molecular flexibility index (Phi) is 7.52. The molecule has 0 aliphatic heterocycles. The van der Waals surface area contributed by atoms with Crippen LogP contribution in [0.5, 0.6) is 23.0 Å². The highest BCUT2D eigenvalue weighted by Gasteiger charge is 2.41. The minimum Gasteiger partial charge on any atom is -0.481 e. The van der Waals surface area contributed by atoms with Gasteiger partial charge in [0.15, 0.2) is 0 Å². The summed E-state index contributed by atoms with van der Waals surface area (Å²) in [5.74, 6) is 1.05. The van der Waals surface area contributed by atoms with Crippen molar-refractivity contribution in [1.29, 1.82) is 0 Å². The molecule has 4 rings (SSSR count). The maximum atomic E-state index is 11.6. The average molecular weight is 477 g/mol. The summed E-state index contributed by atoms with van der Waals surface area (Å²) in [5.41, 5.74) is 4.66. The third-order valence-electron chi connectivity index (χ3n) is 6.02. The predicted octanol–water partition coefficient (Wildman–Crippen LogP) is 5.24. The molecule has 1 aliphatic carbocycles. The molecule has 1 amide bonds. The molecule has 1 fully saturated rings. The number of carbonyl (C=O) groups is 2. The van der Waals surface area contributed by atoms with Gasteiger partial charge in [-0.1, -0.05) is 23.8 Å². The number of ether oxygens (including phenoxy) is 2. The summed E-state index contributed by atoms with van der Waals surface area (Å²) in [6.45, 7) is 2.02. The number of hydrogen-bond donors (Lipinski definition) is 2. The Hall–Kier alpha value is -4.04. The van der Waals surface area contributed by atoms with E-state index < -0.39 is 18.0 Å². The maximum absolute atomic E-state index is 11.6. The molecule has 0 bridgehead atoms. The molecule has 182 valence electrons. The SMILES string of the molecule is Cc1ccc(Oc2cccc(Oc3ccc(NOC4CC(N(C)C=O)CC4C(=O)O)cc3)c2)cc1. The van der Waals surface area contributed by atoms with Crippen LogP contribution in [0.1, 0.15) is 18.4 Å². The number of nitrogens with one attached hydrogen (secondary N) is 1. The van der Waals surface area contributed by atoms with E-state index >= 15 is 0 Å². The third kappa shape index (κ3) is 6.30. The fraction of sp³-hybridized carbons (Fsp3) is 0.259. The summed E-state index contributed by atoms with van der Waals surface area (Å²) in [4.78, 5) is 29.8. The second-order valence-electron chi connectivity index (χ2n) is 8.62. The van der Waals surface area contributed by atoms with Crippen molar-refractivity contribution in [3.63, 3.8) is 0 Å². The molecule has 8 nitrogen and oxygen atoms in total. The van der Waals surface area contributed by atoms with Crippen LogP contribution in [-0.2, 0) is 14.4 Å². The van der Waals surface area contributed by atoms with E-state index in [-0.39, 0.29) is 6.04 Å². The van der Waals surface area contributed by atoms with Gasteiger partial charge in [-0.25, -0.2) is 0 Å². The Balaban J connectivity index is 1.33. The fourth-order valence-corrected chi connectivity index (χ4v) is 4.00. The number of aliphatic carboxylic acids is 1. The lowest BCUT2D eigenvalue weighted by molar-refractivity contribution is -0.145. The van der Waals surface area contributed by atoms with E-state index in [0.717, 1.165) is 11.3 Å². The summed E-state index contributed by atoms with van der Waals surface area (Å²) in [5, 5.41) is 9.50. The lowest BCUT2D eigenvalue weighted by atomic mass is 10.1. The zero-order valence-corrected chi connectivity index (χ0v) is 19.6. The van der Waals surface area contributed by atoms with Crippen LogP contribution in [0.2, 0.25) is 0 Å². The Morgan fingerprint density at radius 1 is 0.943 bits per heavy atom. The van der Waals surface area contributed by atoms with Crippen molar-refractivity contribution < 1.29 is 29.0 Å². The van der Waals surface area contributed by atoms with Crippen LogP contribution in [0.15, 0.2) is 72.8 Å². The van der Waals surface area contributed by atoms with Crippen LogP contribution in [0, 0.1) is 12.8 Å². The smallest absolute Gasteiger partial charge is 0.309 e. The number of amides is 1. The van der Waals surface area contributed by atoms with Gasteiger partial charge in [0.05, 0.1) is 11.6 Å². The zero-order valence-electron chi connectivity index (χ0n) is 19.6. The zero-order chi connectivity index (χ0) is 24.8. The van der Waals surface area contributed by atoms with Gasteiger partial charge in [-0.2, -0.15) is 0 Å². The van der Waals surface area contributed by atoms with Crippen LogP contribution < -0.4 is 15.0 Å². The van der Waals surface area contributed by atoms with Crippen LogP contribution in [0.25, 0.3) is 0 Å². The van der Waals surface area contributed by atoms with Crippen molar-refractivity contribution >= 4 is 18.1 Å². The molecule has 8 heteroatoms. The van der Waals surface area contributed by atoms with E-state index in [1.807, 2.05) is 55.5 Å². The molecular formula is C27H28N2O6. The van der Waals surface area contributed by atoms with Crippen molar-refractivity contribution in [3.8, 4) is 23.0 Å². The predicted molar refractivity (Wildman–Crippen MR) is 131 cm³/mol. The standard InChI is InChI=1S/C27H28N2O6/c1-18-6-10-21(11-7-18)33-23-4-3-5-24(16-23)34-22-12-8-19(9-13-22)28-35-26-15-20(29(2)17-30)14-25(26)27(31)32/h3-13,16-17,20,25-26,28H,14-15H2,1-2H3,(H,31,32). The Labute approximate surface area is 204 Å². The van der Waals surface area contributed by atoms with Crippen molar-refractivity contribution in [2.24, 2.45) is 5.92 Å². The van der Waals surface area contributed by atoms with E-state index in [4.69, 9.17) is 14.3 Å². The van der Waals surface area contributed by atoms with Gasteiger partial charge in [-0.05, 0) is 68.3 Å². The molecule has 0 radical (unpaired) electrons. The molecule has 0 spiro atoms. The van der Waals surface area contributed by atoms with Crippen LogP contribution in [0.4, 0.5) is 5.69 Å². The van der Waals surface area contributed by atoms with Crippen molar-refractivity contribution in [2.45, 2.75) is 31.9 Å². The van der Waals surface area contributed by atoms with Gasteiger partial charge in [0, 0.05) is 19.2 Å². The summed E-state index contributed by atoms with van der Waals surface area (Å²) in [7, 11) is 1.65. The molecular weight excluding hydrogens is 448 g/mol. The number of nitrogens with zero attached hydrogens (tertiary/aromatic N) is 1. The molecule has 2 N–H and O–H groups in total. The Bertz CT molecular complexity index is 1150. The number of carbonyl (C=O) groups excluding carboxylic acids is 1. The second kappa shape index (κ2) is 10.9. The van der Waals surface area contributed by atoms with Crippen molar-refractivity contribution in [3.05, 3.63) is 78.4 Å². The quantitative estimate of drug-likeness (QED) is 0.305. The van der Waals surface area contributed by atoms with Gasteiger partial charge in [-0.15, -0.1) is 0 Å². The lowest BCUT2D eigenvalue weighted by Gasteiger charge is -2.19. The number of carboxylic acid groups (broad SMARTS) is 1. The summed E-state index contributed by atoms with van der Waals surface area (Å²) in [6, 6.07) is 22.2. The summed E-state index contributed by atoms with van der Waals surface area (Å²) >= 11 is 0. The number of aryl methyl sites for hydroxylation is 1. The fourth-order valence-electron chi connectivity index (χ4n) is 4.00. The number of hydrogen-bond acceptors (Lipinski definition) is 6. The molecule has 3 unspecified atom stereocenters. The minimum atomic E-state index is -0.934. The second-order valence-corrected chi connectivity index (χ2v) is 8.62. The van der Waals surface area contributed by atoms with Crippen LogP contribution in [0.3, 0.4) is 0 Å². The molecule has 0 heterocycles. The Morgan fingerprint density at radius 2 is 1.54 bits per heavy atom. The van der Waals surface area contributed by atoms with E-state index in [1.54, 1.807) is 31.3 Å². The highest BCUT2D eigenvalue weighted by Crippen LogP contribution is 2.32. The molecule has 0 aromatic heterocycles. The monoisotopic (exact) mass is 476 g/mol. The molecule has 3 atom stereocenters. The van der Waals surface area contributed by atoms with Gasteiger partial charge in [-0.3, -0.25) is 19.9 Å². The largest absolute Gasteiger partial charge is 0.481 e. The third-order valence-corrected chi connectivity index (χ3v) is 6.02. The number of rotatable bonds is 10. The first-order valence-corrected chi connectivity index (χ1v) is 11.4. The van der Waals surface area contributed by atoms with Crippen LogP contribution >= 0.6 is 0 Å². The number of anilines is 1. The topological polar surface area (TPSA) is 97.3 Å². The van der Waals surface area contributed by atoms with Gasteiger partial charge in [0.2, 0.25) is 6.41 Å². The van der Waals surface area contributed by atoms with E-state index in [9.17, 15) is 14.7 Å². The van der Waals surface area contributed by atoms with E-state index in [0.29, 0.717) is 42.2 Å². The summed E-state index contributed by atoms with van der Waals surface area (Å²) in [6.07, 6.45) is 0.965. The first kappa shape index (κ1) is 24.1. The molecule has 3 aromatic rings. The minimum absolute atomic E-state index is 0.165. The highest BCUT2D eigenvalue weighted by molar-refractivity contribution is 5.71. The van der Waals surface area contributed by atoms with E-state index in [1.165, 1.54) is 4.90 Å². The molecule has 3 aromatic carbocycles. The van der Waals surface area contributed by atoms with Crippen LogP contribution in [-0.4, -0.2) is 41.6 Å². The number of benzene rings is 3. The molecule has 35 heavy (non-hydrogen) atoms. The van der Waals surface area contributed by atoms with Gasteiger partial charge < -0.3 is 19.5 Å². The first-order chi connectivity index (χ1) is 16.9. The normalized spacial score (nSPS) is 19.1. The van der Waals surface area contributed by atoms with Crippen molar-refractivity contribution in [1.82, 2.24) is 4.90 Å². The average Bonchev–Trinajstić information content (AvgIpc) is 3.30. The van der Waals surface area contributed by atoms with Crippen molar-refractivity contribution in [2.75, 3.05) is 12.5 Å². The summed E-state index contributed by atoms with van der Waals surface area (Å²) < 4.78 is 11.8. The molecule has 1 saturated carbocycles. The highest BCUT2D eigenvalue weighted by atomic mass is 16.7. The maximum Gasteiger partial charge on any atom is 0.309 e. The van der Waals surface area contributed by atoms with Gasteiger partial charge >= 0.3 is 5.97 Å². The molecule has 0 saturated heterocycles. The van der Waals surface area contributed by atoms with Gasteiger partial charge in [0.25, 0.3) is 0 Å². The van der Waals surface area contributed by atoms with Gasteiger partial charge in [0.1, 0.15) is 29.1 Å². The first-order valence-electron chi connectivity index (χ1n) is 11.4. The number of carboxylic acids is 1. The van der Waals surface area contributed by atoms with E-state index in [2.05, 4.69) is 5.48 Å². The lowest BCUT2D eigenvalue weighted by Crippen LogP contribution is -2.28. The molecule has 1 aliphatic rings.